The molecule has 2 aromatic carbocycles. The Hall–Kier alpha value is -3.07. The molecule has 2 aromatic rings. The minimum atomic E-state index is -4.58. The van der Waals surface area contributed by atoms with E-state index >= 15 is 0 Å². The molecular weight excluding hydrogens is 413 g/mol. The first-order valence-electron chi connectivity index (χ1n) is 9.69. The summed E-state index contributed by atoms with van der Waals surface area (Å²) in [6.45, 7) is 2.03. The number of carbonyl (C=O) groups is 2. The maximum absolute atomic E-state index is 13.1. The van der Waals surface area contributed by atoms with E-state index in [4.69, 9.17) is 9.47 Å². The maximum atomic E-state index is 13.1. The molecule has 9 heteroatoms. The van der Waals surface area contributed by atoms with Gasteiger partial charge in [-0.2, -0.15) is 13.2 Å². The highest BCUT2D eigenvalue weighted by molar-refractivity contribution is 5.96. The summed E-state index contributed by atoms with van der Waals surface area (Å²) < 4.78 is 49.6. The van der Waals surface area contributed by atoms with Crippen molar-refractivity contribution >= 4 is 17.5 Å². The Kier molecular flexibility index (Phi) is 8.87. The monoisotopic (exact) mass is 438 g/mol. The molecule has 31 heavy (non-hydrogen) atoms. The van der Waals surface area contributed by atoms with Crippen LogP contribution in [-0.2, 0) is 26.9 Å². The van der Waals surface area contributed by atoms with Crippen molar-refractivity contribution in [2.24, 2.45) is 0 Å². The van der Waals surface area contributed by atoms with Gasteiger partial charge in [-0.15, -0.1) is 0 Å². The molecule has 0 aliphatic heterocycles. The summed E-state index contributed by atoms with van der Waals surface area (Å²) in [5.41, 5.74) is -0.241. The number of nitrogens with zero attached hydrogens (tertiary/aromatic N) is 1. The van der Waals surface area contributed by atoms with Gasteiger partial charge in [0.25, 0.3) is 0 Å². The number of hydrogen-bond donors (Lipinski definition) is 1. The van der Waals surface area contributed by atoms with Gasteiger partial charge < -0.3 is 19.7 Å². The van der Waals surface area contributed by atoms with Crippen LogP contribution >= 0.6 is 0 Å². The van der Waals surface area contributed by atoms with E-state index in [2.05, 4.69) is 5.32 Å². The molecule has 1 N–H and O–H groups in total. The topological polar surface area (TPSA) is 67.9 Å². The zero-order valence-electron chi connectivity index (χ0n) is 17.4. The molecule has 6 nitrogen and oxygen atoms in total. The van der Waals surface area contributed by atoms with E-state index < -0.39 is 17.6 Å². The van der Waals surface area contributed by atoms with E-state index in [0.717, 1.165) is 23.8 Å². The fraction of sp³-hybridized carbons (Fsp3) is 0.364. The van der Waals surface area contributed by atoms with E-state index in [9.17, 15) is 22.8 Å². The van der Waals surface area contributed by atoms with E-state index in [0.29, 0.717) is 0 Å². The van der Waals surface area contributed by atoms with Crippen LogP contribution in [0.1, 0.15) is 18.1 Å². The van der Waals surface area contributed by atoms with Crippen LogP contribution in [0.15, 0.2) is 48.5 Å². The highest BCUT2D eigenvalue weighted by Crippen LogP contribution is 2.35. The van der Waals surface area contributed by atoms with Crippen molar-refractivity contribution in [1.82, 2.24) is 4.90 Å². The van der Waals surface area contributed by atoms with Crippen LogP contribution in [0, 0.1) is 0 Å². The Labute approximate surface area is 178 Å². The van der Waals surface area contributed by atoms with Gasteiger partial charge in [-0.3, -0.25) is 9.59 Å². The van der Waals surface area contributed by atoms with E-state index in [1.54, 1.807) is 19.1 Å². The van der Waals surface area contributed by atoms with Gasteiger partial charge in [-0.1, -0.05) is 30.3 Å². The van der Waals surface area contributed by atoms with Gasteiger partial charge in [0.2, 0.25) is 11.8 Å². The highest BCUT2D eigenvalue weighted by atomic mass is 19.4. The number of alkyl halides is 3. The van der Waals surface area contributed by atoms with Crippen LogP contribution < -0.4 is 10.1 Å². The van der Waals surface area contributed by atoms with Crippen LogP contribution in [0.5, 0.6) is 5.75 Å². The van der Waals surface area contributed by atoms with Crippen LogP contribution in [0.2, 0.25) is 0 Å². The molecule has 0 heterocycles. The molecule has 2 rings (SSSR count). The van der Waals surface area contributed by atoms with Crippen molar-refractivity contribution < 1.29 is 32.2 Å². The van der Waals surface area contributed by atoms with Gasteiger partial charge in [0.15, 0.2) is 0 Å². The molecule has 0 aliphatic rings. The third-order valence-corrected chi connectivity index (χ3v) is 4.39. The summed E-state index contributed by atoms with van der Waals surface area (Å²) >= 11 is 0. The molecule has 2 amide bonds. The zero-order chi connectivity index (χ0) is 22.9. The fourth-order valence-electron chi connectivity index (χ4n) is 2.79. The first kappa shape index (κ1) is 24.2. The van der Waals surface area contributed by atoms with Crippen molar-refractivity contribution in [2.45, 2.75) is 19.5 Å². The first-order chi connectivity index (χ1) is 14.7. The molecule has 0 saturated heterocycles. The number of likely N-dealkylation sites (N-methyl/N-ethyl adjacent to an activating group) is 1. The molecule has 0 unspecified atom stereocenters. The number of nitrogens with one attached hydrogen (secondary N) is 1. The fourth-order valence-corrected chi connectivity index (χ4v) is 2.79. The summed E-state index contributed by atoms with van der Waals surface area (Å²) in [6.07, 6.45) is -4.46. The Morgan fingerprint density at radius 3 is 2.39 bits per heavy atom. The number of halogens is 3. The molecule has 0 radical (unpaired) electrons. The van der Waals surface area contributed by atoms with Gasteiger partial charge in [-0.05, 0) is 30.7 Å². The third-order valence-electron chi connectivity index (χ3n) is 4.39. The average molecular weight is 438 g/mol. The van der Waals surface area contributed by atoms with Crippen molar-refractivity contribution in [3.63, 3.8) is 0 Å². The molecule has 0 atom stereocenters. The van der Waals surface area contributed by atoms with Crippen LogP contribution in [0.4, 0.5) is 18.9 Å². The Bertz CT molecular complexity index is 873. The summed E-state index contributed by atoms with van der Waals surface area (Å²) in [6, 6.07) is 11.9. The number of hydrogen-bond acceptors (Lipinski definition) is 4. The van der Waals surface area contributed by atoms with E-state index in [-0.39, 0.29) is 50.1 Å². The SMILES string of the molecule is CCN(CC(=O)Nc1cc(C(F)(F)F)ccc1OCCOC)C(=O)Cc1ccccc1. The van der Waals surface area contributed by atoms with E-state index in [1.807, 2.05) is 18.2 Å². The molecule has 0 aromatic heterocycles. The molecule has 0 bridgehead atoms. The lowest BCUT2D eigenvalue weighted by Gasteiger charge is -2.21. The predicted octanol–water partition coefficient (Wildman–Crippen LogP) is 3.76. The first-order valence-corrected chi connectivity index (χ1v) is 9.69. The maximum Gasteiger partial charge on any atom is 0.416 e. The number of amides is 2. The third kappa shape index (κ3) is 7.60. The Balaban J connectivity index is 2.11. The van der Waals surface area contributed by atoms with Crippen LogP contribution in [-0.4, -0.2) is 50.1 Å². The number of rotatable bonds is 10. The van der Waals surface area contributed by atoms with Gasteiger partial charge in [0.05, 0.1) is 30.8 Å². The molecular formula is C22H25F3N2O4. The Morgan fingerprint density at radius 2 is 1.77 bits per heavy atom. The van der Waals surface area contributed by atoms with Gasteiger partial charge in [-0.25, -0.2) is 0 Å². The average Bonchev–Trinajstić information content (AvgIpc) is 2.73. The van der Waals surface area contributed by atoms with Gasteiger partial charge >= 0.3 is 6.18 Å². The van der Waals surface area contributed by atoms with Gasteiger partial charge in [0, 0.05) is 13.7 Å². The number of methoxy groups -OCH3 is 1. The van der Waals surface area contributed by atoms with Crippen molar-refractivity contribution in [3.8, 4) is 5.75 Å². The smallest absolute Gasteiger partial charge is 0.416 e. The van der Waals surface area contributed by atoms with Gasteiger partial charge in [0.1, 0.15) is 12.4 Å². The Morgan fingerprint density at radius 1 is 1.06 bits per heavy atom. The second-order valence-electron chi connectivity index (χ2n) is 6.67. The quantitative estimate of drug-likeness (QED) is 0.574. The zero-order valence-corrected chi connectivity index (χ0v) is 17.4. The summed E-state index contributed by atoms with van der Waals surface area (Å²) in [5, 5.41) is 2.43. The van der Waals surface area contributed by atoms with E-state index in [1.165, 1.54) is 12.0 Å². The van der Waals surface area contributed by atoms with Crippen molar-refractivity contribution in [1.29, 1.82) is 0 Å². The van der Waals surface area contributed by atoms with Crippen molar-refractivity contribution in [2.75, 3.05) is 38.7 Å². The molecule has 0 spiro atoms. The largest absolute Gasteiger partial charge is 0.489 e. The summed E-state index contributed by atoms with van der Waals surface area (Å²) in [5.74, 6) is -0.805. The minimum absolute atomic E-state index is 0.0806. The minimum Gasteiger partial charge on any atom is -0.489 e. The molecule has 0 fully saturated rings. The second-order valence-corrected chi connectivity index (χ2v) is 6.67. The molecule has 0 aliphatic carbocycles. The lowest BCUT2D eigenvalue weighted by Crippen LogP contribution is -2.38. The number of ether oxygens (including phenoxy) is 2. The lowest BCUT2D eigenvalue weighted by molar-refractivity contribution is -0.137. The van der Waals surface area contributed by atoms with Crippen LogP contribution in [0.3, 0.4) is 0 Å². The summed E-state index contributed by atoms with van der Waals surface area (Å²) in [4.78, 5) is 26.4. The predicted molar refractivity (Wildman–Crippen MR) is 110 cm³/mol. The standard InChI is InChI=1S/C22H25F3N2O4/c1-3-27(21(29)13-16-7-5-4-6-8-16)15-20(28)26-18-14-17(22(23,24)25)9-10-19(18)31-12-11-30-2/h4-10,14H,3,11-13,15H2,1-2H3,(H,26,28). The highest BCUT2D eigenvalue weighted by Gasteiger charge is 2.31. The number of carbonyl (C=O) groups excluding carboxylic acids is 2. The normalized spacial score (nSPS) is 11.1. The summed E-state index contributed by atoms with van der Waals surface area (Å²) in [7, 11) is 1.46. The van der Waals surface area contributed by atoms with Crippen LogP contribution in [0.25, 0.3) is 0 Å². The number of anilines is 1. The second kappa shape index (κ2) is 11.4. The molecule has 0 saturated carbocycles. The number of benzene rings is 2. The molecule has 168 valence electrons. The van der Waals surface area contributed by atoms with Crippen molar-refractivity contribution in [3.05, 3.63) is 59.7 Å². The lowest BCUT2D eigenvalue weighted by atomic mass is 10.1.